The van der Waals surface area contributed by atoms with Crippen LogP contribution in [0.1, 0.15) is 5.56 Å². The fraction of sp³-hybridized carbons (Fsp3) is 0.111. The summed E-state index contributed by atoms with van der Waals surface area (Å²) in [6.45, 7) is -0.275. The minimum atomic E-state index is -3.97. The van der Waals surface area contributed by atoms with Gasteiger partial charge >= 0.3 is 0 Å². The van der Waals surface area contributed by atoms with Crippen LogP contribution in [0.3, 0.4) is 0 Å². The molecule has 7 nitrogen and oxygen atoms in total. The molecule has 1 amide bonds. The van der Waals surface area contributed by atoms with Gasteiger partial charge in [-0.1, -0.05) is 12.1 Å². The molecular formula is C18H16FN3O4S. The molecule has 2 N–H and O–H groups in total. The molecule has 140 valence electrons. The van der Waals surface area contributed by atoms with Gasteiger partial charge in [-0.3, -0.25) is 9.78 Å². The van der Waals surface area contributed by atoms with Gasteiger partial charge in [-0.2, -0.15) is 0 Å². The second-order valence-electron chi connectivity index (χ2n) is 5.59. The van der Waals surface area contributed by atoms with Crippen molar-refractivity contribution in [3.8, 4) is 11.5 Å². The molecule has 0 unspecified atom stereocenters. The van der Waals surface area contributed by atoms with Crippen molar-refractivity contribution in [2.24, 2.45) is 0 Å². The van der Waals surface area contributed by atoms with E-state index in [1.807, 2.05) is 0 Å². The summed E-state index contributed by atoms with van der Waals surface area (Å²) in [5.41, 5.74) is 1.41. The van der Waals surface area contributed by atoms with Crippen LogP contribution in [0.4, 0.5) is 4.39 Å². The summed E-state index contributed by atoms with van der Waals surface area (Å²) < 4.78 is 44.6. The standard InChI is InChI=1S/C18H16FN3O4S/c19-14-3-1-4-15(9-14)27(24,25)22-12-18(23)21-11-13-6-7-16(20-10-13)17-5-2-8-26-17/h1-10,22H,11-12H2,(H,21,23). The van der Waals surface area contributed by atoms with Gasteiger partial charge in [0.05, 0.1) is 17.7 Å². The Hall–Kier alpha value is -3.04. The van der Waals surface area contributed by atoms with E-state index in [0.717, 1.165) is 17.7 Å². The monoisotopic (exact) mass is 389 g/mol. The maximum atomic E-state index is 13.1. The number of rotatable bonds is 7. The van der Waals surface area contributed by atoms with E-state index in [4.69, 9.17) is 4.42 Å². The van der Waals surface area contributed by atoms with Gasteiger partial charge in [0.15, 0.2) is 5.76 Å². The number of hydrogen-bond donors (Lipinski definition) is 2. The lowest BCUT2D eigenvalue weighted by Crippen LogP contribution is -2.36. The number of benzene rings is 1. The molecule has 0 saturated heterocycles. The maximum Gasteiger partial charge on any atom is 0.241 e. The van der Waals surface area contributed by atoms with Crippen LogP contribution >= 0.6 is 0 Å². The van der Waals surface area contributed by atoms with Gasteiger partial charge in [0.1, 0.15) is 11.5 Å². The maximum absolute atomic E-state index is 13.1. The minimum absolute atomic E-state index is 0.186. The molecule has 9 heteroatoms. The highest BCUT2D eigenvalue weighted by Crippen LogP contribution is 2.17. The fourth-order valence-corrected chi connectivity index (χ4v) is 3.25. The molecule has 0 saturated carbocycles. The molecule has 3 aromatic rings. The summed E-state index contributed by atoms with van der Waals surface area (Å²) in [7, 11) is -3.97. The predicted molar refractivity (Wildman–Crippen MR) is 95.4 cm³/mol. The zero-order chi connectivity index (χ0) is 19.3. The Bertz CT molecular complexity index is 1020. The number of carbonyl (C=O) groups is 1. The van der Waals surface area contributed by atoms with Gasteiger partial charge in [0.25, 0.3) is 0 Å². The Morgan fingerprint density at radius 1 is 1.15 bits per heavy atom. The van der Waals surface area contributed by atoms with Crippen molar-refractivity contribution in [1.29, 1.82) is 0 Å². The lowest BCUT2D eigenvalue weighted by molar-refractivity contribution is -0.120. The summed E-state index contributed by atoms with van der Waals surface area (Å²) in [5.74, 6) is -0.560. The smallest absolute Gasteiger partial charge is 0.241 e. The highest BCUT2D eigenvalue weighted by Gasteiger charge is 2.16. The van der Waals surface area contributed by atoms with E-state index in [1.54, 1.807) is 36.7 Å². The van der Waals surface area contributed by atoms with E-state index in [2.05, 4.69) is 15.0 Å². The minimum Gasteiger partial charge on any atom is -0.463 e. The van der Waals surface area contributed by atoms with Gasteiger partial charge in [0, 0.05) is 12.7 Å². The summed E-state index contributed by atoms with van der Waals surface area (Å²) >= 11 is 0. The van der Waals surface area contributed by atoms with Crippen LogP contribution < -0.4 is 10.0 Å². The summed E-state index contributed by atoms with van der Waals surface area (Å²) in [5, 5.41) is 2.59. The predicted octanol–water partition coefficient (Wildman–Crippen LogP) is 2.08. The first-order valence-corrected chi connectivity index (χ1v) is 9.43. The van der Waals surface area contributed by atoms with E-state index in [-0.39, 0.29) is 11.4 Å². The Morgan fingerprint density at radius 3 is 2.67 bits per heavy atom. The third kappa shape index (κ3) is 4.99. The van der Waals surface area contributed by atoms with Crippen LogP contribution in [0.15, 0.2) is 70.3 Å². The number of amides is 1. The van der Waals surface area contributed by atoms with Gasteiger partial charge in [-0.05, 0) is 42.0 Å². The molecule has 27 heavy (non-hydrogen) atoms. The average Bonchev–Trinajstić information content (AvgIpc) is 3.20. The zero-order valence-corrected chi connectivity index (χ0v) is 14.9. The Labute approximate surface area is 155 Å². The largest absolute Gasteiger partial charge is 0.463 e. The number of nitrogens with zero attached hydrogens (tertiary/aromatic N) is 1. The molecule has 0 fully saturated rings. The molecular weight excluding hydrogens is 373 g/mol. The van der Waals surface area contributed by atoms with Crippen molar-refractivity contribution in [3.63, 3.8) is 0 Å². The van der Waals surface area contributed by atoms with Crippen molar-refractivity contribution in [2.75, 3.05) is 6.54 Å². The molecule has 2 heterocycles. The first-order valence-electron chi connectivity index (χ1n) is 7.95. The van der Waals surface area contributed by atoms with Crippen molar-refractivity contribution in [1.82, 2.24) is 15.0 Å². The molecule has 0 spiro atoms. The van der Waals surface area contributed by atoms with Gasteiger partial charge in [-0.15, -0.1) is 0 Å². The Kier molecular flexibility index (Phi) is 5.63. The number of hydrogen-bond acceptors (Lipinski definition) is 5. The van der Waals surface area contributed by atoms with Crippen LogP contribution in [-0.2, 0) is 21.4 Å². The second-order valence-corrected chi connectivity index (χ2v) is 7.35. The van der Waals surface area contributed by atoms with Crippen molar-refractivity contribution in [2.45, 2.75) is 11.4 Å². The normalized spacial score (nSPS) is 11.3. The Balaban J connectivity index is 1.51. The van der Waals surface area contributed by atoms with Crippen LogP contribution in [0.2, 0.25) is 0 Å². The van der Waals surface area contributed by atoms with E-state index < -0.39 is 28.3 Å². The van der Waals surface area contributed by atoms with Crippen LogP contribution in [0.25, 0.3) is 11.5 Å². The highest BCUT2D eigenvalue weighted by molar-refractivity contribution is 7.89. The summed E-state index contributed by atoms with van der Waals surface area (Å²) in [6.07, 6.45) is 3.14. The summed E-state index contributed by atoms with van der Waals surface area (Å²) in [6, 6.07) is 11.6. The number of nitrogens with one attached hydrogen (secondary N) is 2. The quantitative estimate of drug-likeness (QED) is 0.644. The lowest BCUT2D eigenvalue weighted by atomic mass is 10.2. The zero-order valence-electron chi connectivity index (χ0n) is 14.1. The highest BCUT2D eigenvalue weighted by atomic mass is 32.2. The van der Waals surface area contributed by atoms with Gasteiger partial charge < -0.3 is 9.73 Å². The number of aromatic nitrogens is 1. The first kappa shape index (κ1) is 18.7. The van der Waals surface area contributed by atoms with E-state index in [9.17, 15) is 17.6 Å². The SMILES string of the molecule is O=C(CNS(=O)(=O)c1cccc(F)c1)NCc1ccc(-c2ccco2)nc1. The number of pyridine rings is 1. The molecule has 1 aromatic carbocycles. The summed E-state index contributed by atoms with van der Waals surface area (Å²) in [4.78, 5) is 15.9. The second kappa shape index (κ2) is 8.11. The molecule has 0 aliphatic rings. The molecule has 3 rings (SSSR count). The third-order valence-corrected chi connectivity index (χ3v) is 5.02. The average molecular weight is 389 g/mol. The first-order chi connectivity index (χ1) is 12.9. The molecule has 2 aromatic heterocycles. The van der Waals surface area contributed by atoms with Crippen molar-refractivity contribution >= 4 is 15.9 Å². The molecule has 0 radical (unpaired) electrons. The lowest BCUT2D eigenvalue weighted by Gasteiger charge is -2.08. The third-order valence-electron chi connectivity index (χ3n) is 3.62. The van der Waals surface area contributed by atoms with Gasteiger partial charge in [0.2, 0.25) is 15.9 Å². The number of sulfonamides is 1. The van der Waals surface area contributed by atoms with Crippen LogP contribution in [0, 0.1) is 5.82 Å². The number of carbonyl (C=O) groups excluding carboxylic acids is 1. The van der Waals surface area contributed by atoms with E-state index >= 15 is 0 Å². The fourth-order valence-electron chi connectivity index (χ4n) is 2.24. The van der Waals surface area contributed by atoms with E-state index in [1.165, 1.54) is 12.1 Å². The topological polar surface area (TPSA) is 101 Å². The molecule has 0 aliphatic carbocycles. The Morgan fingerprint density at radius 2 is 2.00 bits per heavy atom. The number of furan rings is 1. The van der Waals surface area contributed by atoms with Crippen molar-refractivity contribution in [3.05, 3.63) is 72.4 Å². The number of halogens is 1. The van der Waals surface area contributed by atoms with Crippen LogP contribution in [0.5, 0.6) is 0 Å². The van der Waals surface area contributed by atoms with Crippen molar-refractivity contribution < 1.29 is 22.0 Å². The molecule has 0 atom stereocenters. The molecule has 0 aliphatic heterocycles. The molecule has 0 bridgehead atoms. The van der Waals surface area contributed by atoms with Crippen LogP contribution in [-0.4, -0.2) is 25.9 Å². The van der Waals surface area contributed by atoms with E-state index in [0.29, 0.717) is 11.5 Å². The van der Waals surface area contributed by atoms with Gasteiger partial charge in [-0.25, -0.2) is 17.5 Å².